The number of halogens is 7. The first-order valence-corrected chi connectivity index (χ1v) is 31.0. The van der Waals surface area contributed by atoms with Gasteiger partial charge in [0.15, 0.2) is 11.3 Å². The third-order valence-electron chi connectivity index (χ3n) is 10.9. The zero-order chi connectivity index (χ0) is 56.6. The van der Waals surface area contributed by atoms with Crippen LogP contribution in [0.2, 0.25) is 44.4 Å². The van der Waals surface area contributed by atoms with Crippen LogP contribution in [0.4, 0.5) is 43.7 Å². The number of carbonyl (C=O) groups is 2. The molecule has 0 radical (unpaired) electrons. The van der Waals surface area contributed by atoms with E-state index >= 15 is 0 Å². The molecule has 0 aliphatic carbocycles. The zero-order valence-electron chi connectivity index (χ0n) is 43.6. The standard InChI is InChI=1S/C28H26F3N5OSi.C22H16ClF3N6O.C5H10Si/c1-6-25-33-16-19-13-22(23(35-26(19)36-25)10-12-38(3,4)5)21-15-20(8-7-17(21)2)34-27(37)18-9-11-32-24(14-18)28(29,30)31;1-11-3-4-14(30-20(33)12-5-6-28-17(8-12)22(24,25)26)9-15(11)16-7-13-10-29-21(27-2)32-19(13)31-18(16)23;1-5-6(2,3)4/h7-9,11,13-16H,6H2,1-5H3,(H,34,37);3-10H,1-2H3,(H,30,33)(H,27,29,31,32);1H,2-4H3. The highest BCUT2D eigenvalue weighted by atomic mass is 35.5. The topological polar surface area (TPSA) is 173 Å². The van der Waals surface area contributed by atoms with Crippen molar-refractivity contribution in [3.8, 4) is 45.7 Å². The van der Waals surface area contributed by atoms with E-state index in [1.54, 1.807) is 55.8 Å². The fourth-order valence-corrected chi connectivity index (χ4v) is 7.54. The molecular weight excluding hydrogens is 1050 g/mol. The van der Waals surface area contributed by atoms with E-state index in [1.807, 2.05) is 32.9 Å². The van der Waals surface area contributed by atoms with Crippen LogP contribution in [0.25, 0.3) is 44.3 Å². The lowest BCUT2D eigenvalue weighted by atomic mass is 9.97. The van der Waals surface area contributed by atoms with Crippen molar-refractivity contribution in [2.24, 2.45) is 0 Å². The number of terminal acetylenes is 1. The number of aromatic nitrogens is 8. The van der Waals surface area contributed by atoms with Crippen LogP contribution in [0.15, 0.2) is 97.6 Å². The quantitative estimate of drug-likeness (QED) is 0.0572. The SMILES string of the molecule is C#C[Si](C)(C)C.CCc1ncc2cc(-c3cc(NC(=O)c4ccnc(C(F)(F)F)c4)ccc3C)c(C#C[Si](C)(C)C)nc2n1.CNc1ncc2cc(-c3cc(NC(=O)c4ccnc(C(F)(F)F)c4)ccc3C)c(Cl)nc2n1. The Labute approximate surface area is 448 Å². The van der Waals surface area contributed by atoms with Gasteiger partial charge in [0.25, 0.3) is 11.8 Å². The zero-order valence-corrected chi connectivity index (χ0v) is 46.3. The van der Waals surface area contributed by atoms with Crippen LogP contribution in [-0.4, -0.2) is 74.9 Å². The van der Waals surface area contributed by atoms with Gasteiger partial charge in [0.2, 0.25) is 5.95 Å². The average molecular weight is 1100 g/mol. The molecule has 22 heteroatoms. The first-order valence-electron chi connectivity index (χ1n) is 23.7. The Morgan fingerprint density at radius 2 is 1.10 bits per heavy atom. The van der Waals surface area contributed by atoms with Crippen LogP contribution in [0.5, 0.6) is 0 Å². The van der Waals surface area contributed by atoms with E-state index in [9.17, 15) is 35.9 Å². The number of amides is 2. The Morgan fingerprint density at radius 3 is 1.57 bits per heavy atom. The van der Waals surface area contributed by atoms with E-state index in [2.05, 4.69) is 107 Å². The summed E-state index contributed by atoms with van der Waals surface area (Å²) in [6, 6.07) is 18.0. The molecule has 0 aliphatic rings. The van der Waals surface area contributed by atoms with Crippen molar-refractivity contribution in [3.05, 3.63) is 148 Å². The molecule has 2 aromatic carbocycles. The van der Waals surface area contributed by atoms with Crippen molar-refractivity contribution < 1.29 is 35.9 Å². The number of fused-ring (bicyclic) bond motifs is 2. The van der Waals surface area contributed by atoms with Gasteiger partial charge >= 0.3 is 12.4 Å². The van der Waals surface area contributed by atoms with Crippen LogP contribution < -0.4 is 16.0 Å². The molecule has 8 aromatic rings. The van der Waals surface area contributed by atoms with E-state index in [0.29, 0.717) is 69.1 Å². The van der Waals surface area contributed by atoms with E-state index in [1.165, 1.54) is 12.1 Å². The minimum absolute atomic E-state index is 0.146. The number of carbonyl (C=O) groups excluding carboxylic acids is 2. The molecule has 0 fully saturated rings. The Kier molecular flexibility index (Phi) is 18.0. The molecule has 0 aliphatic heterocycles. The van der Waals surface area contributed by atoms with E-state index in [0.717, 1.165) is 46.1 Å². The third kappa shape index (κ3) is 15.7. The maximum absolute atomic E-state index is 13.1. The molecule has 6 aromatic heterocycles. The van der Waals surface area contributed by atoms with Gasteiger partial charge in [0, 0.05) is 82.7 Å². The molecule has 77 heavy (non-hydrogen) atoms. The summed E-state index contributed by atoms with van der Waals surface area (Å²) in [4.78, 5) is 58.4. The molecule has 396 valence electrons. The number of hydrogen-bond donors (Lipinski definition) is 3. The second-order valence-electron chi connectivity index (χ2n) is 19.3. The predicted octanol–water partition coefficient (Wildman–Crippen LogP) is 13.3. The van der Waals surface area contributed by atoms with Crippen molar-refractivity contribution in [3.63, 3.8) is 0 Å². The number of nitrogens with zero attached hydrogens (tertiary/aromatic N) is 8. The van der Waals surface area contributed by atoms with Gasteiger partial charge in [0.05, 0.1) is 0 Å². The lowest BCUT2D eigenvalue weighted by Gasteiger charge is -2.14. The van der Waals surface area contributed by atoms with Crippen LogP contribution in [-0.2, 0) is 18.8 Å². The Bertz CT molecular complexity index is 3640. The highest BCUT2D eigenvalue weighted by molar-refractivity contribution is 6.84. The summed E-state index contributed by atoms with van der Waals surface area (Å²) >= 11 is 6.43. The smallest absolute Gasteiger partial charge is 0.357 e. The monoisotopic (exact) mass is 1100 g/mol. The highest BCUT2D eigenvalue weighted by Gasteiger charge is 2.34. The summed E-state index contributed by atoms with van der Waals surface area (Å²) in [5, 5.41) is 9.77. The Morgan fingerprint density at radius 1 is 0.623 bits per heavy atom. The number of nitrogens with one attached hydrogen (secondary N) is 3. The summed E-state index contributed by atoms with van der Waals surface area (Å²) in [6.45, 7) is 18.6. The molecular formula is C55H52ClF6N11O2Si2. The fourth-order valence-electron chi connectivity index (χ4n) is 6.81. The average Bonchev–Trinajstić information content (AvgIpc) is 3.39. The first kappa shape index (κ1) is 58.2. The number of hydrogen-bond acceptors (Lipinski definition) is 11. The van der Waals surface area contributed by atoms with Crippen molar-refractivity contribution in [1.29, 1.82) is 0 Å². The second-order valence-corrected chi connectivity index (χ2v) is 29.2. The van der Waals surface area contributed by atoms with Crippen LogP contribution in [0.1, 0.15) is 61.7 Å². The van der Waals surface area contributed by atoms with E-state index in [4.69, 9.17) is 23.0 Å². The lowest BCUT2D eigenvalue weighted by molar-refractivity contribution is -0.142. The molecule has 0 spiro atoms. The third-order valence-corrected chi connectivity index (χ3v) is 12.9. The number of rotatable bonds is 8. The van der Waals surface area contributed by atoms with Gasteiger partial charge in [-0.15, -0.1) is 17.5 Å². The summed E-state index contributed by atoms with van der Waals surface area (Å²) in [7, 11) is -1.14. The van der Waals surface area contributed by atoms with Gasteiger partial charge in [-0.1, -0.05) is 75.9 Å². The Balaban J connectivity index is 0.000000227. The minimum Gasteiger partial charge on any atom is -0.357 e. The summed E-state index contributed by atoms with van der Waals surface area (Å²) in [6.07, 6.45) is 1.76. The number of alkyl halides is 6. The maximum atomic E-state index is 13.1. The fraction of sp³-hybridized carbons (Fsp3) is 0.236. The molecule has 6 heterocycles. The van der Waals surface area contributed by atoms with Gasteiger partial charge in [0.1, 0.15) is 44.2 Å². The number of aryl methyl sites for hydroxylation is 3. The van der Waals surface area contributed by atoms with E-state index in [-0.39, 0.29) is 16.3 Å². The van der Waals surface area contributed by atoms with Crippen molar-refractivity contribution in [1.82, 2.24) is 39.9 Å². The van der Waals surface area contributed by atoms with Gasteiger partial charge in [-0.25, -0.2) is 24.9 Å². The van der Waals surface area contributed by atoms with Crippen molar-refractivity contribution >= 4 is 79.0 Å². The van der Waals surface area contributed by atoms with Gasteiger partial charge in [-0.05, 0) is 96.8 Å². The molecule has 0 bridgehead atoms. The molecule has 13 nitrogen and oxygen atoms in total. The molecule has 0 unspecified atom stereocenters. The molecule has 3 N–H and O–H groups in total. The number of anilines is 3. The van der Waals surface area contributed by atoms with Gasteiger partial charge in [-0.2, -0.15) is 31.3 Å². The number of pyridine rings is 4. The highest BCUT2D eigenvalue weighted by Crippen LogP contribution is 2.35. The van der Waals surface area contributed by atoms with Crippen molar-refractivity contribution in [2.45, 2.75) is 78.8 Å². The van der Waals surface area contributed by atoms with Crippen LogP contribution >= 0.6 is 11.6 Å². The maximum Gasteiger partial charge on any atom is 0.433 e. The van der Waals surface area contributed by atoms with Gasteiger partial charge < -0.3 is 16.0 Å². The first-order chi connectivity index (χ1) is 36.0. The molecule has 0 saturated heterocycles. The van der Waals surface area contributed by atoms with Crippen molar-refractivity contribution in [2.75, 3.05) is 23.0 Å². The molecule has 0 saturated carbocycles. The Hall–Kier alpha value is -8.12. The summed E-state index contributed by atoms with van der Waals surface area (Å²) in [5.74, 6) is 2.97. The van der Waals surface area contributed by atoms with Crippen LogP contribution in [0.3, 0.4) is 0 Å². The normalized spacial score (nSPS) is 11.5. The van der Waals surface area contributed by atoms with Gasteiger partial charge in [-0.3, -0.25) is 19.6 Å². The predicted molar refractivity (Wildman–Crippen MR) is 296 cm³/mol. The second kappa shape index (κ2) is 23.8. The minimum atomic E-state index is -4.65. The largest absolute Gasteiger partial charge is 0.433 e. The number of benzene rings is 2. The summed E-state index contributed by atoms with van der Waals surface area (Å²) in [5.41, 5.74) is 10.5. The molecule has 0 atom stereocenters. The van der Waals surface area contributed by atoms with E-state index < -0.39 is 51.7 Å². The molecule has 2 amide bonds. The lowest BCUT2D eigenvalue weighted by Crippen LogP contribution is -2.16. The summed E-state index contributed by atoms with van der Waals surface area (Å²) < 4.78 is 77.9. The molecule has 8 rings (SSSR count). The van der Waals surface area contributed by atoms with Crippen LogP contribution in [0, 0.1) is 37.3 Å².